The highest BCUT2D eigenvalue weighted by Gasteiger charge is 2.27. The molecule has 1 aliphatic heterocycles. The fraction of sp³-hybridized carbons (Fsp3) is 0.300. The number of rotatable bonds is 9. The van der Waals surface area contributed by atoms with Crippen LogP contribution in [0.15, 0.2) is 85.1 Å². The number of aliphatic hydroxyl groups excluding tert-OH is 1. The highest BCUT2D eigenvalue weighted by Crippen LogP contribution is 2.29. The van der Waals surface area contributed by atoms with Crippen molar-refractivity contribution >= 4 is 10.8 Å². The number of nitrogens with one attached hydrogen (secondary N) is 1. The van der Waals surface area contributed by atoms with Crippen LogP contribution in [0.3, 0.4) is 0 Å². The summed E-state index contributed by atoms with van der Waals surface area (Å²) in [7, 11) is 0. The molecule has 1 aliphatic rings. The minimum Gasteiger partial charge on any atom is -0.390 e. The van der Waals surface area contributed by atoms with Crippen LogP contribution in [0.4, 0.5) is 0 Å². The van der Waals surface area contributed by atoms with Crippen molar-refractivity contribution in [3.05, 3.63) is 113 Å². The van der Waals surface area contributed by atoms with E-state index in [0.717, 1.165) is 30.6 Å². The second kappa shape index (κ2) is 11.6. The normalized spacial score (nSPS) is 18.1. The van der Waals surface area contributed by atoms with Crippen LogP contribution in [0.25, 0.3) is 10.8 Å². The molecule has 2 unspecified atom stereocenters. The molecule has 0 aliphatic carbocycles. The summed E-state index contributed by atoms with van der Waals surface area (Å²) in [4.78, 5) is 4.19. The third-order valence-corrected chi connectivity index (χ3v) is 6.77. The van der Waals surface area contributed by atoms with E-state index >= 15 is 0 Å². The zero-order valence-corrected chi connectivity index (χ0v) is 19.9. The van der Waals surface area contributed by atoms with Gasteiger partial charge in [-0.1, -0.05) is 66.7 Å². The number of aromatic nitrogens is 1. The summed E-state index contributed by atoms with van der Waals surface area (Å²) in [5.74, 6) is 0.370. The first kappa shape index (κ1) is 23.6. The molecule has 0 amide bonds. The summed E-state index contributed by atoms with van der Waals surface area (Å²) in [6, 6.07) is 27.5. The number of nitrogens with zero attached hydrogens (tertiary/aromatic N) is 1. The van der Waals surface area contributed by atoms with E-state index in [1.165, 1.54) is 21.9 Å². The molecule has 1 saturated heterocycles. The lowest BCUT2D eigenvalue weighted by molar-refractivity contribution is 0.0106. The molecule has 1 fully saturated rings. The van der Waals surface area contributed by atoms with Crippen molar-refractivity contribution < 1.29 is 14.6 Å². The van der Waals surface area contributed by atoms with Gasteiger partial charge in [0.15, 0.2) is 0 Å². The number of hydrogen-bond acceptors (Lipinski definition) is 5. The zero-order valence-electron chi connectivity index (χ0n) is 19.9. The second-order valence-electron chi connectivity index (χ2n) is 9.13. The summed E-state index contributed by atoms with van der Waals surface area (Å²) in [5.41, 5.74) is 5.24. The molecule has 0 radical (unpaired) electrons. The number of piperidine rings is 1. The maximum Gasteiger partial charge on any atom is 0.0856 e. The Morgan fingerprint density at radius 3 is 2.54 bits per heavy atom. The van der Waals surface area contributed by atoms with E-state index in [-0.39, 0.29) is 12.7 Å². The maximum atomic E-state index is 9.42. The lowest BCUT2D eigenvalue weighted by Crippen LogP contribution is -2.40. The van der Waals surface area contributed by atoms with E-state index in [4.69, 9.17) is 9.47 Å². The minimum absolute atomic E-state index is 0.0748. The predicted octanol–water partition coefficient (Wildman–Crippen LogP) is 5.11. The lowest BCUT2D eigenvalue weighted by atomic mass is 9.87. The van der Waals surface area contributed by atoms with E-state index in [0.29, 0.717) is 31.4 Å². The van der Waals surface area contributed by atoms with Gasteiger partial charge < -0.3 is 19.9 Å². The molecule has 2 N–H and O–H groups in total. The van der Waals surface area contributed by atoms with Crippen LogP contribution in [-0.4, -0.2) is 29.3 Å². The van der Waals surface area contributed by atoms with Crippen molar-refractivity contribution in [1.29, 1.82) is 0 Å². The summed E-state index contributed by atoms with van der Waals surface area (Å²) < 4.78 is 12.3. The lowest BCUT2D eigenvalue weighted by Gasteiger charge is -2.32. The monoisotopic (exact) mass is 468 g/mol. The second-order valence-corrected chi connectivity index (χ2v) is 9.13. The van der Waals surface area contributed by atoms with Gasteiger partial charge in [0, 0.05) is 24.2 Å². The van der Waals surface area contributed by atoms with Gasteiger partial charge in [-0.25, -0.2) is 0 Å². The molecule has 0 spiro atoms. The molecule has 180 valence electrons. The molecule has 0 bridgehead atoms. The van der Waals surface area contributed by atoms with Gasteiger partial charge in [-0.05, 0) is 52.6 Å². The Hall–Kier alpha value is -3.09. The van der Waals surface area contributed by atoms with Crippen LogP contribution < -0.4 is 5.32 Å². The predicted molar refractivity (Wildman–Crippen MR) is 138 cm³/mol. The molecule has 5 rings (SSSR count). The van der Waals surface area contributed by atoms with Crippen LogP contribution >= 0.6 is 0 Å². The molecular weight excluding hydrogens is 436 g/mol. The SMILES string of the molecule is OCc1ncccc1COCc1ccc(C2CCNCC2OCc2ccc3ccccc3c2)cc1. The van der Waals surface area contributed by atoms with Crippen molar-refractivity contribution in [2.24, 2.45) is 0 Å². The quantitative estimate of drug-likeness (QED) is 0.358. The summed E-state index contributed by atoms with van der Waals surface area (Å²) in [5, 5.41) is 15.4. The van der Waals surface area contributed by atoms with E-state index < -0.39 is 0 Å². The van der Waals surface area contributed by atoms with Gasteiger partial charge in [0.25, 0.3) is 0 Å². The topological polar surface area (TPSA) is 63.6 Å². The molecule has 35 heavy (non-hydrogen) atoms. The van der Waals surface area contributed by atoms with Crippen molar-refractivity contribution in [2.75, 3.05) is 13.1 Å². The van der Waals surface area contributed by atoms with Gasteiger partial charge in [-0.3, -0.25) is 4.98 Å². The Bertz CT molecular complexity index is 1240. The minimum atomic E-state index is -0.0748. The molecule has 0 saturated carbocycles. The molecule has 1 aromatic heterocycles. The number of fused-ring (bicyclic) bond motifs is 1. The fourth-order valence-electron chi connectivity index (χ4n) is 4.80. The first-order valence-electron chi connectivity index (χ1n) is 12.3. The Balaban J connectivity index is 1.18. The average molecular weight is 469 g/mol. The van der Waals surface area contributed by atoms with Crippen molar-refractivity contribution in [1.82, 2.24) is 10.3 Å². The first-order valence-corrected chi connectivity index (χ1v) is 12.3. The Kier molecular flexibility index (Phi) is 7.81. The van der Waals surface area contributed by atoms with Gasteiger partial charge in [-0.2, -0.15) is 0 Å². The molecule has 2 atom stereocenters. The third kappa shape index (κ3) is 5.95. The maximum absolute atomic E-state index is 9.42. The molecule has 4 aromatic rings. The van der Waals surface area contributed by atoms with E-state index in [1.807, 2.05) is 12.1 Å². The van der Waals surface area contributed by atoms with Crippen molar-refractivity contribution in [2.45, 2.75) is 44.9 Å². The van der Waals surface area contributed by atoms with Crippen molar-refractivity contribution in [3.8, 4) is 0 Å². The number of pyridine rings is 1. The fourth-order valence-corrected chi connectivity index (χ4v) is 4.80. The summed E-state index contributed by atoms with van der Waals surface area (Å²) >= 11 is 0. The van der Waals surface area contributed by atoms with Crippen molar-refractivity contribution in [3.63, 3.8) is 0 Å². The number of benzene rings is 3. The van der Waals surface area contributed by atoms with Gasteiger partial charge in [0.05, 0.1) is 38.2 Å². The number of ether oxygens (including phenoxy) is 2. The first-order chi connectivity index (χ1) is 17.3. The summed E-state index contributed by atoms with van der Waals surface area (Å²) in [6.07, 6.45) is 2.89. The largest absolute Gasteiger partial charge is 0.390 e. The molecule has 3 aromatic carbocycles. The smallest absolute Gasteiger partial charge is 0.0856 e. The van der Waals surface area contributed by atoms with Crippen LogP contribution in [0, 0.1) is 0 Å². The summed E-state index contributed by atoms with van der Waals surface area (Å²) in [6.45, 7) is 3.36. The number of hydrogen-bond donors (Lipinski definition) is 2. The van der Waals surface area contributed by atoms with Gasteiger partial charge >= 0.3 is 0 Å². The Morgan fingerprint density at radius 2 is 1.69 bits per heavy atom. The highest BCUT2D eigenvalue weighted by atomic mass is 16.5. The Labute approximate surface area is 206 Å². The molecule has 5 heteroatoms. The molecule has 2 heterocycles. The van der Waals surface area contributed by atoms with Crippen LogP contribution in [-0.2, 0) is 35.9 Å². The van der Waals surface area contributed by atoms with Gasteiger partial charge in [0.2, 0.25) is 0 Å². The molecule has 5 nitrogen and oxygen atoms in total. The molecular formula is C30H32N2O3. The van der Waals surface area contributed by atoms with Crippen LogP contribution in [0.5, 0.6) is 0 Å². The van der Waals surface area contributed by atoms with Crippen LogP contribution in [0.1, 0.15) is 40.3 Å². The van der Waals surface area contributed by atoms with Gasteiger partial charge in [0.1, 0.15) is 0 Å². The van der Waals surface area contributed by atoms with E-state index in [9.17, 15) is 5.11 Å². The zero-order chi connectivity index (χ0) is 23.9. The average Bonchev–Trinajstić information content (AvgIpc) is 2.92. The Morgan fingerprint density at radius 1 is 0.857 bits per heavy atom. The van der Waals surface area contributed by atoms with Crippen LogP contribution in [0.2, 0.25) is 0 Å². The van der Waals surface area contributed by atoms with E-state index in [1.54, 1.807) is 6.20 Å². The standard InChI is InChI=1S/C30H32N2O3/c33-18-29-27(6-3-14-32-29)21-34-19-22-7-11-25(12-8-22)28-13-15-31-17-30(28)35-20-23-9-10-24-4-1-2-5-26(24)16-23/h1-12,14,16,28,30-31,33H,13,15,17-21H2. The van der Waals surface area contributed by atoms with Gasteiger partial charge in [-0.15, -0.1) is 0 Å². The highest BCUT2D eigenvalue weighted by molar-refractivity contribution is 5.82. The van der Waals surface area contributed by atoms with E-state index in [2.05, 4.69) is 77.0 Å². The number of aliphatic hydroxyl groups is 1. The third-order valence-electron chi connectivity index (χ3n) is 6.77.